The van der Waals surface area contributed by atoms with Gasteiger partial charge in [0.2, 0.25) is 0 Å². The normalized spacial score (nSPS) is 10.2. The fourth-order valence-electron chi connectivity index (χ4n) is 2.19. The van der Waals surface area contributed by atoms with E-state index in [-0.39, 0.29) is 0 Å². The predicted molar refractivity (Wildman–Crippen MR) is 106 cm³/mol. The summed E-state index contributed by atoms with van der Waals surface area (Å²) in [4.78, 5) is 12.3. The van der Waals surface area contributed by atoms with Crippen LogP contribution in [0.15, 0.2) is 66.7 Å². The van der Waals surface area contributed by atoms with Gasteiger partial charge in [0.05, 0.1) is 16.4 Å². The number of halogens is 2. The molecule has 2 amide bonds. The Morgan fingerprint density at radius 1 is 0.885 bits per heavy atom. The summed E-state index contributed by atoms with van der Waals surface area (Å²) in [6.45, 7) is 0. The van der Waals surface area contributed by atoms with Crippen molar-refractivity contribution in [3.05, 3.63) is 76.8 Å². The molecule has 3 aromatic rings. The summed E-state index contributed by atoms with van der Waals surface area (Å²) >= 11 is 12.0. The molecule has 0 saturated heterocycles. The lowest BCUT2D eigenvalue weighted by atomic mass is 10.2. The molecule has 132 valence electrons. The lowest BCUT2D eigenvalue weighted by Gasteiger charge is -2.13. The van der Waals surface area contributed by atoms with Gasteiger partial charge in [0.1, 0.15) is 5.75 Å². The minimum atomic E-state index is -0.470. The molecule has 0 aliphatic carbocycles. The number of nitrogens with two attached hydrogens (primary N) is 1. The van der Waals surface area contributed by atoms with Gasteiger partial charge in [-0.05, 0) is 54.6 Å². The third kappa shape index (κ3) is 4.59. The number of carbonyl (C=O) groups excluding carboxylic acids is 1. The van der Waals surface area contributed by atoms with Crippen molar-refractivity contribution in [3.63, 3.8) is 0 Å². The summed E-state index contributed by atoms with van der Waals surface area (Å²) in [7, 11) is 0. The Balaban J connectivity index is 1.74. The summed E-state index contributed by atoms with van der Waals surface area (Å²) in [6.07, 6.45) is 0. The van der Waals surface area contributed by atoms with Crippen molar-refractivity contribution < 1.29 is 9.53 Å². The van der Waals surface area contributed by atoms with E-state index in [4.69, 9.17) is 33.7 Å². The molecule has 0 aromatic heterocycles. The number of benzene rings is 3. The molecular formula is C19H15Cl2N3O2. The second-order valence-corrected chi connectivity index (χ2v) is 6.21. The van der Waals surface area contributed by atoms with Crippen molar-refractivity contribution in [1.29, 1.82) is 0 Å². The zero-order chi connectivity index (χ0) is 18.5. The molecule has 0 unspecified atom stereocenters. The van der Waals surface area contributed by atoms with E-state index in [0.29, 0.717) is 38.6 Å². The van der Waals surface area contributed by atoms with E-state index < -0.39 is 6.03 Å². The van der Waals surface area contributed by atoms with Crippen LogP contribution >= 0.6 is 23.2 Å². The number of carbonyl (C=O) groups is 1. The minimum Gasteiger partial charge on any atom is -0.455 e. The Hall–Kier alpha value is -2.89. The highest BCUT2D eigenvalue weighted by atomic mass is 35.5. The van der Waals surface area contributed by atoms with E-state index in [2.05, 4.69) is 10.6 Å². The highest BCUT2D eigenvalue weighted by molar-refractivity contribution is 6.35. The van der Waals surface area contributed by atoms with E-state index in [1.54, 1.807) is 60.7 Å². The quantitative estimate of drug-likeness (QED) is 0.479. The number of hydrogen-bond donors (Lipinski definition) is 3. The Morgan fingerprint density at radius 3 is 2.35 bits per heavy atom. The minimum absolute atomic E-state index is 0.385. The van der Waals surface area contributed by atoms with E-state index in [1.165, 1.54) is 0 Å². The van der Waals surface area contributed by atoms with Crippen molar-refractivity contribution in [2.45, 2.75) is 0 Å². The average molecular weight is 388 g/mol. The lowest BCUT2D eigenvalue weighted by Crippen LogP contribution is -2.20. The maximum atomic E-state index is 12.3. The molecule has 7 heteroatoms. The standard InChI is InChI=1S/C19H15Cl2N3O2/c20-12-5-10-15(21)17(11-12)24-19(25)23-16-3-1-2-4-18(16)26-14-8-6-13(22)7-9-14/h1-11H,22H2,(H2,23,24,25). The Labute approximate surface area is 160 Å². The van der Waals surface area contributed by atoms with E-state index in [9.17, 15) is 4.79 Å². The third-order valence-electron chi connectivity index (χ3n) is 3.42. The van der Waals surface area contributed by atoms with Crippen LogP contribution in [0, 0.1) is 0 Å². The van der Waals surface area contributed by atoms with Crippen LogP contribution in [0.5, 0.6) is 11.5 Å². The third-order valence-corrected chi connectivity index (χ3v) is 3.98. The van der Waals surface area contributed by atoms with E-state index in [1.807, 2.05) is 6.07 Å². The molecule has 4 N–H and O–H groups in total. The number of ether oxygens (including phenoxy) is 1. The number of anilines is 3. The lowest BCUT2D eigenvalue weighted by molar-refractivity contribution is 0.262. The summed E-state index contributed by atoms with van der Waals surface area (Å²) in [5.41, 5.74) is 7.22. The molecule has 3 aromatic carbocycles. The summed E-state index contributed by atoms with van der Waals surface area (Å²) < 4.78 is 5.81. The largest absolute Gasteiger partial charge is 0.455 e. The molecule has 0 aliphatic heterocycles. The summed E-state index contributed by atoms with van der Waals surface area (Å²) in [5, 5.41) is 6.25. The van der Waals surface area contributed by atoms with Crippen LogP contribution in [0.2, 0.25) is 10.0 Å². The number of para-hydroxylation sites is 2. The monoisotopic (exact) mass is 387 g/mol. The second kappa shape index (κ2) is 7.99. The van der Waals surface area contributed by atoms with Crippen molar-refractivity contribution in [1.82, 2.24) is 0 Å². The first-order valence-electron chi connectivity index (χ1n) is 7.67. The molecule has 0 saturated carbocycles. The second-order valence-electron chi connectivity index (χ2n) is 5.37. The van der Waals surface area contributed by atoms with Gasteiger partial charge in [0.15, 0.2) is 5.75 Å². The molecule has 0 bridgehead atoms. The topological polar surface area (TPSA) is 76.4 Å². The SMILES string of the molecule is Nc1ccc(Oc2ccccc2NC(=O)Nc2cc(Cl)ccc2Cl)cc1. The Morgan fingerprint density at radius 2 is 1.58 bits per heavy atom. The van der Waals surface area contributed by atoms with Crippen molar-refractivity contribution in [2.75, 3.05) is 16.4 Å². The zero-order valence-corrected chi connectivity index (χ0v) is 15.0. The fourth-order valence-corrected chi connectivity index (χ4v) is 2.53. The summed E-state index contributed by atoms with van der Waals surface area (Å²) in [5.74, 6) is 1.09. The van der Waals surface area contributed by atoms with Gasteiger partial charge >= 0.3 is 6.03 Å². The molecular weight excluding hydrogens is 373 g/mol. The summed E-state index contributed by atoms with van der Waals surface area (Å²) in [6, 6.07) is 18.4. The van der Waals surface area contributed by atoms with Crippen molar-refractivity contribution in [3.8, 4) is 11.5 Å². The highest BCUT2D eigenvalue weighted by Crippen LogP contribution is 2.30. The molecule has 0 aliphatic rings. The molecule has 3 rings (SSSR count). The maximum absolute atomic E-state index is 12.3. The predicted octanol–water partition coefficient (Wildman–Crippen LogP) is 6.01. The molecule has 5 nitrogen and oxygen atoms in total. The number of amides is 2. The van der Waals surface area contributed by atoms with Crippen LogP contribution in [0.25, 0.3) is 0 Å². The number of nitrogens with one attached hydrogen (secondary N) is 2. The molecule has 0 fully saturated rings. The zero-order valence-electron chi connectivity index (χ0n) is 13.5. The van der Waals surface area contributed by atoms with Crippen LogP contribution in [0.1, 0.15) is 0 Å². The van der Waals surface area contributed by atoms with Gasteiger partial charge in [-0.3, -0.25) is 0 Å². The van der Waals surface area contributed by atoms with Crippen LogP contribution in [0.4, 0.5) is 21.9 Å². The van der Waals surface area contributed by atoms with E-state index in [0.717, 1.165) is 0 Å². The van der Waals surface area contributed by atoms with Crippen molar-refractivity contribution in [2.24, 2.45) is 0 Å². The first kappa shape index (κ1) is 17.9. The molecule has 0 radical (unpaired) electrons. The van der Waals surface area contributed by atoms with Gasteiger partial charge in [-0.2, -0.15) is 0 Å². The van der Waals surface area contributed by atoms with Crippen molar-refractivity contribution >= 4 is 46.3 Å². The number of rotatable bonds is 4. The number of hydrogen-bond acceptors (Lipinski definition) is 3. The molecule has 0 atom stereocenters. The average Bonchev–Trinajstić information content (AvgIpc) is 2.62. The van der Waals surface area contributed by atoms with Gasteiger partial charge in [-0.15, -0.1) is 0 Å². The van der Waals surface area contributed by atoms with Crippen LogP contribution in [-0.2, 0) is 0 Å². The first-order chi connectivity index (χ1) is 12.5. The first-order valence-corrected chi connectivity index (χ1v) is 8.42. The molecule has 26 heavy (non-hydrogen) atoms. The van der Waals surface area contributed by atoms with Gasteiger partial charge in [0, 0.05) is 10.7 Å². The smallest absolute Gasteiger partial charge is 0.323 e. The maximum Gasteiger partial charge on any atom is 0.323 e. The molecule has 0 heterocycles. The number of nitrogen functional groups attached to an aromatic ring is 1. The van der Waals surface area contributed by atoms with E-state index >= 15 is 0 Å². The van der Waals surface area contributed by atoms with Crippen LogP contribution in [0.3, 0.4) is 0 Å². The number of urea groups is 1. The molecule has 0 spiro atoms. The Bertz CT molecular complexity index is 930. The van der Waals surface area contributed by atoms with Gasteiger partial charge in [-0.25, -0.2) is 4.79 Å². The van der Waals surface area contributed by atoms with Gasteiger partial charge in [-0.1, -0.05) is 35.3 Å². The van der Waals surface area contributed by atoms with Crippen LogP contribution in [-0.4, -0.2) is 6.03 Å². The van der Waals surface area contributed by atoms with Gasteiger partial charge < -0.3 is 21.1 Å². The van der Waals surface area contributed by atoms with Gasteiger partial charge in [0.25, 0.3) is 0 Å². The highest BCUT2D eigenvalue weighted by Gasteiger charge is 2.10. The van der Waals surface area contributed by atoms with Crippen LogP contribution < -0.4 is 21.1 Å². The Kier molecular flexibility index (Phi) is 5.51. The fraction of sp³-hybridized carbons (Fsp3) is 0.